The number of rotatable bonds is 19. The second-order valence-electron chi connectivity index (χ2n) is 14.2. The Kier molecular flexibility index (Phi) is 16.4. The third-order valence-corrected chi connectivity index (χ3v) is 8.32. The van der Waals surface area contributed by atoms with E-state index in [-0.39, 0.29) is 24.5 Å². The van der Waals surface area contributed by atoms with E-state index in [1.165, 1.54) is 32.9 Å². The largest absolute Gasteiger partial charge is 0.508 e. The summed E-state index contributed by atoms with van der Waals surface area (Å²) in [7, 11) is 0. The van der Waals surface area contributed by atoms with Crippen LogP contribution in [0.3, 0.4) is 0 Å². The molecule has 0 unspecified atom stereocenters. The molecule has 290 valence electrons. The molecule has 2 aromatic carbocycles. The summed E-state index contributed by atoms with van der Waals surface area (Å²) in [6.45, 7) is 10.7. The Labute approximate surface area is 310 Å². The van der Waals surface area contributed by atoms with Crippen LogP contribution in [0.2, 0.25) is 0 Å². The second kappa shape index (κ2) is 19.9. The van der Waals surface area contributed by atoms with Crippen molar-refractivity contribution >= 4 is 41.4 Å². The third kappa shape index (κ3) is 14.2. The van der Waals surface area contributed by atoms with Crippen molar-refractivity contribution in [2.45, 2.75) is 97.1 Å². The minimum atomic E-state index is -1.60. The van der Waals surface area contributed by atoms with Gasteiger partial charge in [0.2, 0.25) is 41.4 Å². The van der Waals surface area contributed by atoms with Gasteiger partial charge in [0.1, 0.15) is 35.5 Å². The number of carbonyl (C=O) groups excluding carboxylic acids is 7. The van der Waals surface area contributed by atoms with Crippen LogP contribution in [0.15, 0.2) is 54.6 Å². The fourth-order valence-electron chi connectivity index (χ4n) is 5.09. The first-order chi connectivity index (χ1) is 24.7. The summed E-state index contributed by atoms with van der Waals surface area (Å²) in [5.74, 6) is -5.47. The van der Waals surface area contributed by atoms with Crippen molar-refractivity contribution < 1.29 is 38.7 Å². The SMILES string of the molecule is CC(C)[C@H](NC(=O)[C@@H](NC(=O)C(C)(C)NC(=O)[C@H](Cc1ccccc1)NC(=O)[C@H](C)NC(=O)[C@@H](N)Cc1ccc(O)cc1)C(C)C)C(=O)NCC(N)=O. The molecule has 0 fully saturated rings. The Morgan fingerprint density at radius 3 is 1.75 bits per heavy atom. The molecule has 16 nitrogen and oxygen atoms in total. The molecule has 2 aromatic rings. The summed E-state index contributed by atoms with van der Waals surface area (Å²) < 4.78 is 0. The van der Waals surface area contributed by atoms with Crippen LogP contribution in [0.1, 0.15) is 59.6 Å². The predicted molar refractivity (Wildman–Crippen MR) is 197 cm³/mol. The topological polar surface area (TPSA) is 264 Å². The van der Waals surface area contributed by atoms with Crippen molar-refractivity contribution in [2.75, 3.05) is 6.54 Å². The quantitative estimate of drug-likeness (QED) is 0.0879. The summed E-state index contributed by atoms with van der Waals surface area (Å²) in [5.41, 5.74) is 11.0. The number of nitrogens with two attached hydrogens (primary N) is 2. The van der Waals surface area contributed by atoms with E-state index in [2.05, 4.69) is 31.9 Å². The lowest BCUT2D eigenvalue weighted by molar-refractivity contribution is -0.138. The highest BCUT2D eigenvalue weighted by Gasteiger charge is 2.37. The van der Waals surface area contributed by atoms with Crippen molar-refractivity contribution in [3.63, 3.8) is 0 Å². The molecule has 11 N–H and O–H groups in total. The van der Waals surface area contributed by atoms with Gasteiger partial charge in [0.05, 0.1) is 12.6 Å². The molecular weight excluding hydrogens is 684 g/mol. The van der Waals surface area contributed by atoms with Gasteiger partial charge in [0, 0.05) is 6.42 Å². The molecule has 0 saturated carbocycles. The number of phenols is 1. The molecule has 7 amide bonds. The van der Waals surface area contributed by atoms with Gasteiger partial charge in [-0.2, -0.15) is 0 Å². The van der Waals surface area contributed by atoms with E-state index in [9.17, 15) is 38.7 Å². The Hall–Kier alpha value is -5.51. The number of nitrogens with one attached hydrogen (secondary N) is 6. The van der Waals surface area contributed by atoms with Gasteiger partial charge in [-0.25, -0.2) is 0 Å². The molecule has 53 heavy (non-hydrogen) atoms. The summed E-state index contributed by atoms with van der Waals surface area (Å²) in [6.07, 6.45) is 0.198. The van der Waals surface area contributed by atoms with Gasteiger partial charge in [-0.1, -0.05) is 70.2 Å². The summed E-state index contributed by atoms with van der Waals surface area (Å²) in [6, 6.07) is 9.65. The minimum Gasteiger partial charge on any atom is -0.508 e. The van der Waals surface area contributed by atoms with Crippen LogP contribution in [0.5, 0.6) is 5.75 Å². The van der Waals surface area contributed by atoms with Crippen molar-refractivity contribution in [2.24, 2.45) is 23.3 Å². The maximum Gasteiger partial charge on any atom is 0.245 e. The van der Waals surface area contributed by atoms with Crippen molar-refractivity contribution in [3.8, 4) is 5.75 Å². The molecule has 2 rings (SSSR count). The first-order valence-electron chi connectivity index (χ1n) is 17.4. The zero-order chi connectivity index (χ0) is 40.0. The molecule has 0 aliphatic rings. The molecule has 0 aromatic heterocycles. The molecule has 0 saturated heterocycles. The lowest BCUT2D eigenvalue weighted by Crippen LogP contribution is -2.64. The Bertz CT molecular complexity index is 1600. The van der Waals surface area contributed by atoms with Gasteiger partial charge in [-0.05, 0) is 62.3 Å². The second-order valence-corrected chi connectivity index (χ2v) is 14.2. The number of primary amides is 1. The van der Waals surface area contributed by atoms with Crippen LogP contribution < -0.4 is 43.4 Å². The summed E-state index contributed by atoms with van der Waals surface area (Å²) in [5, 5.41) is 25.1. The lowest BCUT2D eigenvalue weighted by atomic mass is 9.97. The molecular formula is C37H54N8O8. The summed E-state index contributed by atoms with van der Waals surface area (Å²) >= 11 is 0. The van der Waals surface area contributed by atoms with Gasteiger partial charge in [0.15, 0.2) is 0 Å². The normalized spacial score (nSPS) is 14.2. The van der Waals surface area contributed by atoms with E-state index in [4.69, 9.17) is 11.5 Å². The maximum atomic E-state index is 13.8. The number of benzene rings is 2. The van der Waals surface area contributed by atoms with Crippen molar-refractivity contribution in [1.29, 1.82) is 0 Å². The highest BCUT2D eigenvalue weighted by Crippen LogP contribution is 2.13. The fraction of sp³-hybridized carbons (Fsp3) is 0.486. The average molecular weight is 739 g/mol. The fourth-order valence-corrected chi connectivity index (χ4v) is 5.09. The highest BCUT2D eigenvalue weighted by molar-refractivity contribution is 5.98. The number of hydrogen-bond acceptors (Lipinski definition) is 9. The average Bonchev–Trinajstić information content (AvgIpc) is 3.08. The van der Waals surface area contributed by atoms with Crippen molar-refractivity contribution in [3.05, 3.63) is 65.7 Å². The van der Waals surface area contributed by atoms with E-state index in [0.717, 1.165) is 0 Å². The zero-order valence-electron chi connectivity index (χ0n) is 31.3. The van der Waals surface area contributed by atoms with E-state index in [1.54, 1.807) is 70.2 Å². The Morgan fingerprint density at radius 1 is 0.660 bits per heavy atom. The van der Waals surface area contributed by atoms with Gasteiger partial charge in [0.25, 0.3) is 0 Å². The Balaban J connectivity index is 2.16. The van der Waals surface area contributed by atoms with Crippen LogP contribution >= 0.6 is 0 Å². The van der Waals surface area contributed by atoms with Crippen LogP contribution in [0, 0.1) is 11.8 Å². The van der Waals surface area contributed by atoms with Gasteiger partial charge in [-0.3, -0.25) is 33.6 Å². The first kappa shape index (κ1) is 43.7. The molecule has 16 heteroatoms. The van der Waals surface area contributed by atoms with Gasteiger partial charge in [-0.15, -0.1) is 0 Å². The monoisotopic (exact) mass is 738 g/mol. The number of carbonyl (C=O) groups is 7. The van der Waals surface area contributed by atoms with Crippen LogP contribution in [0.25, 0.3) is 0 Å². The molecule has 0 aliphatic heterocycles. The number of aromatic hydroxyl groups is 1. The lowest BCUT2D eigenvalue weighted by Gasteiger charge is -2.32. The van der Waals surface area contributed by atoms with E-state index >= 15 is 0 Å². The minimum absolute atomic E-state index is 0.0442. The van der Waals surface area contributed by atoms with Crippen LogP contribution in [-0.4, -0.2) is 88.7 Å². The molecule has 0 spiro atoms. The van der Waals surface area contributed by atoms with E-state index in [0.29, 0.717) is 11.1 Å². The van der Waals surface area contributed by atoms with Gasteiger partial charge < -0.3 is 48.5 Å². The third-order valence-electron chi connectivity index (χ3n) is 8.32. The van der Waals surface area contributed by atoms with Gasteiger partial charge >= 0.3 is 0 Å². The molecule has 0 heterocycles. The van der Waals surface area contributed by atoms with Crippen LogP contribution in [-0.2, 0) is 46.4 Å². The Morgan fingerprint density at radius 2 is 1.21 bits per heavy atom. The zero-order valence-corrected chi connectivity index (χ0v) is 31.3. The maximum absolute atomic E-state index is 13.8. The van der Waals surface area contributed by atoms with Crippen LogP contribution in [0.4, 0.5) is 0 Å². The molecule has 5 atom stereocenters. The molecule has 0 radical (unpaired) electrons. The number of hydrogen-bond donors (Lipinski definition) is 9. The van der Waals surface area contributed by atoms with E-state index < -0.39 is 89.6 Å². The smallest absolute Gasteiger partial charge is 0.245 e. The number of phenolic OH excluding ortho intramolecular Hbond substituents is 1. The predicted octanol–water partition coefficient (Wildman–Crippen LogP) is -0.728. The van der Waals surface area contributed by atoms with E-state index in [1.807, 2.05) is 0 Å². The van der Waals surface area contributed by atoms with Crippen molar-refractivity contribution in [1.82, 2.24) is 31.9 Å². The number of amides is 7. The standard InChI is InChI=1S/C37H54N8O8/c1-20(2)29(34(51)40-19-28(39)47)43-35(52)30(21(3)4)44-36(53)37(6,7)45-33(50)27(18-23-11-9-8-10-12-23)42-31(48)22(5)41-32(49)26(38)17-24-13-15-25(46)16-14-24/h8-16,20-22,26-27,29-30,46H,17-19,38H2,1-7H3,(H2,39,47)(H,40,51)(H,41,49)(H,42,48)(H,43,52)(H,44,53)(H,45,50)/t22-,26-,27-,29-,30-/m0/s1. The molecule has 0 aliphatic carbocycles. The first-order valence-corrected chi connectivity index (χ1v) is 17.4. The highest BCUT2D eigenvalue weighted by atomic mass is 16.3. The molecule has 0 bridgehead atoms. The summed E-state index contributed by atoms with van der Waals surface area (Å²) in [4.78, 5) is 90.6.